The minimum atomic E-state index is -4.53. The molecule has 2 aromatic carbocycles. The van der Waals surface area contributed by atoms with E-state index in [1.54, 1.807) is 29.6 Å². The lowest BCUT2D eigenvalue weighted by Crippen LogP contribution is -2.33. The summed E-state index contributed by atoms with van der Waals surface area (Å²) in [5, 5.41) is 2.12. The summed E-state index contributed by atoms with van der Waals surface area (Å²) in [6.45, 7) is -1.50. The molecule has 0 aliphatic rings. The van der Waals surface area contributed by atoms with E-state index >= 15 is 0 Å². The molecule has 0 radical (unpaired) electrons. The van der Waals surface area contributed by atoms with Gasteiger partial charge in [-0.1, -0.05) is 29.8 Å². The van der Waals surface area contributed by atoms with Crippen molar-refractivity contribution in [1.29, 1.82) is 0 Å². The van der Waals surface area contributed by atoms with Crippen molar-refractivity contribution in [3.05, 3.63) is 64.7 Å². The first kappa shape index (κ1) is 20.2. The number of amides is 1. The van der Waals surface area contributed by atoms with Crippen molar-refractivity contribution < 1.29 is 26.4 Å². The molecule has 0 atom stereocenters. The van der Waals surface area contributed by atoms with Crippen molar-refractivity contribution in [3.63, 3.8) is 0 Å². The van der Waals surface area contributed by atoms with Crippen molar-refractivity contribution in [2.45, 2.75) is 17.6 Å². The Balaban J connectivity index is 2.04. The van der Waals surface area contributed by atoms with E-state index in [-0.39, 0.29) is 17.0 Å². The van der Waals surface area contributed by atoms with Gasteiger partial charge in [0.1, 0.15) is 6.54 Å². The number of hydrogen-bond acceptors (Lipinski definition) is 3. The quantitative estimate of drug-likeness (QED) is 0.774. The van der Waals surface area contributed by atoms with Gasteiger partial charge in [0.2, 0.25) is 10.0 Å². The number of benzene rings is 2. The van der Waals surface area contributed by atoms with Gasteiger partial charge in [0, 0.05) is 17.1 Å². The molecular formula is C16H14ClF3N2O3S. The molecule has 0 aliphatic carbocycles. The molecule has 10 heteroatoms. The highest BCUT2D eigenvalue weighted by molar-refractivity contribution is 7.89. The largest absolute Gasteiger partial charge is 0.405 e. The zero-order chi connectivity index (χ0) is 19.4. The first-order chi connectivity index (χ1) is 12.1. The van der Waals surface area contributed by atoms with E-state index in [1.165, 1.54) is 0 Å². The molecule has 0 heterocycles. The molecule has 0 saturated heterocycles. The fraction of sp³-hybridized carbons (Fsp3) is 0.188. The average Bonchev–Trinajstić information content (AvgIpc) is 2.58. The first-order valence-corrected chi connectivity index (χ1v) is 9.13. The second-order valence-electron chi connectivity index (χ2n) is 5.24. The van der Waals surface area contributed by atoms with E-state index < -0.39 is 28.7 Å². The van der Waals surface area contributed by atoms with Gasteiger partial charge in [0.05, 0.1) is 4.90 Å². The molecule has 2 aromatic rings. The molecule has 140 valence electrons. The summed E-state index contributed by atoms with van der Waals surface area (Å²) in [6.07, 6.45) is -4.53. The number of nitrogens with one attached hydrogen (secondary N) is 2. The van der Waals surface area contributed by atoms with Gasteiger partial charge in [0.15, 0.2) is 0 Å². The molecule has 0 bridgehead atoms. The number of halogens is 4. The van der Waals surface area contributed by atoms with E-state index in [4.69, 9.17) is 11.6 Å². The third-order valence-corrected chi connectivity index (χ3v) is 5.07. The Labute approximate surface area is 153 Å². The van der Waals surface area contributed by atoms with Gasteiger partial charge < -0.3 is 5.32 Å². The van der Waals surface area contributed by atoms with Crippen LogP contribution in [-0.2, 0) is 16.6 Å². The van der Waals surface area contributed by atoms with Crippen molar-refractivity contribution >= 4 is 27.5 Å². The second-order valence-corrected chi connectivity index (χ2v) is 7.41. The second kappa shape index (κ2) is 8.07. The minimum Gasteiger partial charge on any atom is -0.343 e. The van der Waals surface area contributed by atoms with Crippen LogP contribution in [0.5, 0.6) is 0 Å². The highest BCUT2D eigenvalue weighted by Gasteiger charge is 2.28. The van der Waals surface area contributed by atoms with Gasteiger partial charge in [-0.05, 0) is 35.9 Å². The summed E-state index contributed by atoms with van der Waals surface area (Å²) in [5.41, 5.74) is 0.500. The molecule has 0 fully saturated rings. The van der Waals surface area contributed by atoms with Crippen LogP contribution in [0.2, 0.25) is 5.02 Å². The molecule has 2 N–H and O–H groups in total. The number of sulfonamides is 1. The maximum atomic E-state index is 12.3. The summed E-state index contributed by atoms with van der Waals surface area (Å²) in [6, 6.07) is 11.3. The van der Waals surface area contributed by atoms with Crippen LogP contribution in [0, 0.1) is 0 Å². The summed E-state index contributed by atoms with van der Waals surface area (Å²) >= 11 is 5.96. The topological polar surface area (TPSA) is 75.3 Å². The lowest BCUT2D eigenvalue weighted by atomic mass is 10.2. The highest BCUT2D eigenvalue weighted by atomic mass is 35.5. The Bertz CT molecular complexity index is 884. The van der Waals surface area contributed by atoms with E-state index in [1.807, 2.05) is 0 Å². The van der Waals surface area contributed by atoms with E-state index in [0.29, 0.717) is 10.6 Å². The van der Waals surface area contributed by atoms with Crippen molar-refractivity contribution in [1.82, 2.24) is 10.0 Å². The van der Waals surface area contributed by atoms with Crippen LogP contribution in [-0.4, -0.2) is 27.0 Å². The monoisotopic (exact) mass is 406 g/mol. The third kappa shape index (κ3) is 5.72. The van der Waals surface area contributed by atoms with Crippen LogP contribution in [0.25, 0.3) is 0 Å². The summed E-state index contributed by atoms with van der Waals surface area (Å²) in [7, 11) is -3.87. The van der Waals surface area contributed by atoms with Gasteiger partial charge >= 0.3 is 6.18 Å². The van der Waals surface area contributed by atoms with E-state index in [2.05, 4.69) is 4.72 Å². The number of carbonyl (C=O) groups is 1. The number of hydrogen-bond donors (Lipinski definition) is 2. The maximum Gasteiger partial charge on any atom is 0.405 e. The SMILES string of the molecule is O=C(NCC(F)(F)F)c1ccc(S(=O)(=O)NCc2ccccc2Cl)cc1. The maximum absolute atomic E-state index is 12.3. The zero-order valence-corrected chi connectivity index (χ0v) is 14.8. The summed E-state index contributed by atoms with van der Waals surface area (Å²) in [5.74, 6) is -0.949. The third-order valence-electron chi connectivity index (χ3n) is 3.29. The van der Waals surface area contributed by atoms with Crippen LogP contribution in [0.3, 0.4) is 0 Å². The van der Waals surface area contributed by atoms with E-state index in [0.717, 1.165) is 24.3 Å². The smallest absolute Gasteiger partial charge is 0.343 e. The number of rotatable bonds is 6. The summed E-state index contributed by atoms with van der Waals surface area (Å²) in [4.78, 5) is 11.5. The Hall–Kier alpha value is -2.10. The van der Waals surface area contributed by atoms with Gasteiger partial charge in [-0.15, -0.1) is 0 Å². The standard InChI is InChI=1S/C16H14ClF3N2O3S/c17-14-4-2-1-3-12(14)9-22-26(24,25)13-7-5-11(6-8-13)15(23)21-10-16(18,19)20/h1-8,22H,9-10H2,(H,21,23). The van der Waals surface area contributed by atoms with Crippen molar-refractivity contribution in [2.75, 3.05) is 6.54 Å². The lowest BCUT2D eigenvalue weighted by molar-refractivity contribution is -0.123. The Morgan fingerprint density at radius 3 is 2.23 bits per heavy atom. The predicted molar refractivity (Wildman–Crippen MR) is 90.3 cm³/mol. The average molecular weight is 407 g/mol. The molecule has 0 unspecified atom stereocenters. The number of alkyl halides is 3. The minimum absolute atomic E-state index is 0.0319. The van der Waals surface area contributed by atoms with Gasteiger partial charge in [0.25, 0.3) is 5.91 Å². The Morgan fingerprint density at radius 1 is 1.04 bits per heavy atom. The van der Waals surface area contributed by atoms with Gasteiger partial charge in [-0.2, -0.15) is 13.2 Å². The Morgan fingerprint density at radius 2 is 1.65 bits per heavy atom. The van der Waals surface area contributed by atoms with Crippen molar-refractivity contribution in [3.8, 4) is 0 Å². The van der Waals surface area contributed by atoms with Crippen molar-refractivity contribution in [2.24, 2.45) is 0 Å². The fourth-order valence-electron chi connectivity index (χ4n) is 1.97. The molecular weight excluding hydrogens is 393 g/mol. The Kier molecular flexibility index (Phi) is 6.27. The van der Waals surface area contributed by atoms with Crippen LogP contribution < -0.4 is 10.0 Å². The first-order valence-electron chi connectivity index (χ1n) is 7.26. The molecule has 5 nitrogen and oxygen atoms in total. The molecule has 0 saturated carbocycles. The highest BCUT2D eigenvalue weighted by Crippen LogP contribution is 2.17. The normalized spacial score (nSPS) is 12.0. The van der Waals surface area contributed by atoms with Gasteiger partial charge in [-0.25, -0.2) is 13.1 Å². The van der Waals surface area contributed by atoms with Crippen LogP contribution >= 0.6 is 11.6 Å². The van der Waals surface area contributed by atoms with Gasteiger partial charge in [-0.3, -0.25) is 4.79 Å². The van der Waals surface area contributed by atoms with Crippen LogP contribution in [0.1, 0.15) is 15.9 Å². The molecule has 0 aliphatic heterocycles. The lowest BCUT2D eigenvalue weighted by Gasteiger charge is -2.10. The number of carbonyl (C=O) groups excluding carboxylic acids is 1. The molecule has 0 spiro atoms. The van der Waals surface area contributed by atoms with Crippen LogP contribution in [0.15, 0.2) is 53.4 Å². The summed E-state index contributed by atoms with van der Waals surface area (Å²) < 4.78 is 63.1. The predicted octanol–water partition coefficient (Wildman–Crippen LogP) is 3.11. The molecule has 0 aromatic heterocycles. The van der Waals surface area contributed by atoms with Crippen LogP contribution in [0.4, 0.5) is 13.2 Å². The molecule has 1 amide bonds. The fourth-order valence-corrected chi connectivity index (χ4v) is 3.18. The molecule has 2 rings (SSSR count). The zero-order valence-electron chi connectivity index (χ0n) is 13.2. The van der Waals surface area contributed by atoms with E-state index in [9.17, 15) is 26.4 Å². The molecule has 26 heavy (non-hydrogen) atoms.